The first-order valence-electron chi connectivity index (χ1n) is 6.92. The number of hydrogen-bond acceptors (Lipinski definition) is 2. The summed E-state index contributed by atoms with van der Waals surface area (Å²) < 4.78 is 51.4. The Morgan fingerprint density at radius 3 is 2.19 bits per heavy atom. The molecule has 1 rings (SSSR count). The minimum absolute atomic E-state index is 0.159. The van der Waals surface area contributed by atoms with Gasteiger partial charge in [-0.2, -0.15) is 13.2 Å². The fourth-order valence-corrected chi connectivity index (χ4v) is 2.22. The number of alkyl halides is 3. The minimum Gasteiger partial charge on any atom is -0.324 e. The molecular formula is C15H22F4N2. The third-order valence-electron chi connectivity index (χ3n) is 3.51. The number of rotatable bonds is 6. The van der Waals surface area contributed by atoms with Crippen LogP contribution >= 0.6 is 0 Å². The Hall–Kier alpha value is -1.14. The van der Waals surface area contributed by atoms with Crippen molar-refractivity contribution in [3.8, 4) is 0 Å². The van der Waals surface area contributed by atoms with E-state index in [1.807, 2.05) is 0 Å². The van der Waals surface area contributed by atoms with Crippen molar-refractivity contribution in [1.29, 1.82) is 0 Å². The van der Waals surface area contributed by atoms with E-state index in [0.717, 1.165) is 0 Å². The standard InChI is InChI=1S/C15H22F4N2/c1-10(2)21(9-15(17,18)19)8-11(3)14(20)12-6-4-5-7-13(12)16/h4-7,10-11,14H,8-9,20H2,1-3H3. The lowest BCUT2D eigenvalue weighted by molar-refractivity contribution is -0.151. The second-order valence-corrected chi connectivity index (χ2v) is 5.66. The molecule has 0 heterocycles. The fourth-order valence-electron chi connectivity index (χ4n) is 2.22. The van der Waals surface area contributed by atoms with Crippen LogP contribution in [0.25, 0.3) is 0 Å². The monoisotopic (exact) mass is 306 g/mol. The van der Waals surface area contributed by atoms with E-state index in [1.54, 1.807) is 39.0 Å². The molecule has 0 aliphatic rings. The van der Waals surface area contributed by atoms with Crippen molar-refractivity contribution in [3.05, 3.63) is 35.6 Å². The fraction of sp³-hybridized carbons (Fsp3) is 0.600. The molecule has 0 aliphatic carbocycles. The average Bonchev–Trinajstić information content (AvgIpc) is 2.36. The predicted octanol–water partition coefficient (Wildman–Crippen LogP) is 3.73. The third-order valence-corrected chi connectivity index (χ3v) is 3.51. The second kappa shape index (κ2) is 7.22. The number of nitrogens with two attached hydrogens (primary N) is 1. The number of halogens is 4. The van der Waals surface area contributed by atoms with Crippen LogP contribution < -0.4 is 5.73 Å². The van der Waals surface area contributed by atoms with Gasteiger partial charge in [0.2, 0.25) is 0 Å². The molecule has 0 spiro atoms. The summed E-state index contributed by atoms with van der Waals surface area (Å²) in [5, 5.41) is 0. The Morgan fingerprint density at radius 1 is 1.14 bits per heavy atom. The van der Waals surface area contributed by atoms with Gasteiger partial charge in [-0.15, -0.1) is 0 Å². The summed E-state index contributed by atoms with van der Waals surface area (Å²) >= 11 is 0. The topological polar surface area (TPSA) is 29.3 Å². The predicted molar refractivity (Wildman–Crippen MR) is 75.3 cm³/mol. The van der Waals surface area contributed by atoms with E-state index in [2.05, 4.69) is 0 Å². The molecule has 6 heteroatoms. The van der Waals surface area contributed by atoms with E-state index in [9.17, 15) is 17.6 Å². The number of nitrogens with zero attached hydrogens (tertiary/aromatic N) is 1. The summed E-state index contributed by atoms with van der Waals surface area (Å²) in [5.41, 5.74) is 6.34. The molecule has 0 radical (unpaired) electrons. The smallest absolute Gasteiger partial charge is 0.324 e. The molecule has 0 fully saturated rings. The van der Waals surface area contributed by atoms with Crippen molar-refractivity contribution in [2.45, 2.75) is 39.0 Å². The normalized spacial score (nSPS) is 15.5. The van der Waals surface area contributed by atoms with Gasteiger partial charge in [0.1, 0.15) is 5.82 Å². The summed E-state index contributed by atoms with van der Waals surface area (Å²) in [4.78, 5) is 1.31. The van der Waals surface area contributed by atoms with Crippen molar-refractivity contribution in [1.82, 2.24) is 4.90 Å². The molecule has 2 N–H and O–H groups in total. The van der Waals surface area contributed by atoms with Gasteiger partial charge in [0.25, 0.3) is 0 Å². The first-order chi connectivity index (χ1) is 9.61. The van der Waals surface area contributed by atoms with E-state index < -0.39 is 24.6 Å². The van der Waals surface area contributed by atoms with Gasteiger partial charge < -0.3 is 5.73 Å². The minimum atomic E-state index is -4.26. The molecule has 0 amide bonds. The zero-order chi connectivity index (χ0) is 16.2. The molecular weight excluding hydrogens is 284 g/mol. The molecule has 2 nitrogen and oxygen atoms in total. The van der Waals surface area contributed by atoms with Crippen LogP contribution in [0.2, 0.25) is 0 Å². The van der Waals surface area contributed by atoms with Crippen molar-refractivity contribution in [2.24, 2.45) is 11.7 Å². The maximum absolute atomic E-state index is 13.7. The summed E-state index contributed by atoms with van der Waals surface area (Å²) in [7, 11) is 0. The molecule has 120 valence electrons. The second-order valence-electron chi connectivity index (χ2n) is 5.66. The largest absolute Gasteiger partial charge is 0.401 e. The molecule has 0 aromatic heterocycles. The molecule has 2 atom stereocenters. The van der Waals surface area contributed by atoms with E-state index >= 15 is 0 Å². The highest BCUT2D eigenvalue weighted by Crippen LogP contribution is 2.25. The van der Waals surface area contributed by atoms with Gasteiger partial charge in [0, 0.05) is 24.2 Å². The number of hydrogen-bond donors (Lipinski definition) is 1. The first-order valence-corrected chi connectivity index (χ1v) is 6.92. The van der Waals surface area contributed by atoms with Crippen LogP contribution in [0.3, 0.4) is 0 Å². The number of benzene rings is 1. The van der Waals surface area contributed by atoms with Crippen LogP contribution in [-0.4, -0.2) is 30.2 Å². The van der Waals surface area contributed by atoms with Gasteiger partial charge in [0.05, 0.1) is 6.54 Å². The Bertz CT molecular complexity index is 446. The van der Waals surface area contributed by atoms with Crippen molar-refractivity contribution >= 4 is 0 Å². The molecule has 0 aliphatic heterocycles. The van der Waals surface area contributed by atoms with Crippen LogP contribution in [0.5, 0.6) is 0 Å². The molecule has 0 saturated heterocycles. The van der Waals surface area contributed by atoms with E-state index in [-0.39, 0.29) is 18.5 Å². The third kappa shape index (κ3) is 5.63. The van der Waals surface area contributed by atoms with Crippen LogP contribution in [0, 0.1) is 11.7 Å². The highest BCUT2D eigenvalue weighted by molar-refractivity contribution is 5.21. The van der Waals surface area contributed by atoms with Crippen LogP contribution in [0.15, 0.2) is 24.3 Å². The van der Waals surface area contributed by atoms with Gasteiger partial charge in [-0.1, -0.05) is 25.1 Å². The Labute approximate surface area is 122 Å². The summed E-state index contributed by atoms with van der Waals surface area (Å²) in [6.45, 7) is 4.31. The average molecular weight is 306 g/mol. The van der Waals surface area contributed by atoms with Crippen LogP contribution in [0.4, 0.5) is 17.6 Å². The van der Waals surface area contributed by atoms with E-state index in [4.69, 9.17) is 5.73 Å². The van der Waals surface area contributed by atoms with Crippen molar-refractivity contribution in [2.75, 3.05) is 13.1 Å². The lowest BCUT2D eigenvalue weighted by Gasteiger charge is -2.32. The zero-order valence-corrected chi connectivity index (χ0v) is 12.5. The van der Waals surface area contributed by atoms with Gasteiger partial charge in [-0.05, 0) is 25.8 Å². The quantitative estimate of drug-likeness (QED) is 0.811. The Kier molecular flexibility index (Phi) is 6.16. The van der Waals surface area contributed by atoms with Crippen LogP contribution in [-0.2, 0) is 0 Å². The summed E-state index contributed by atoms with van der Waals surface area (Å²) in [5.74, 6) is -0.726. The molecule has 1 aromatic rings. The first kappa shape index (κ1) is 17.9. The molecule has 21 heavy (non-hydrogen) atoms. The summed E-state index contributed by atoms with van der Waals surface area (Å²) in [6.07, 6.45) is -4.26. The maximum atomic E-state index is 13.7. The molecule has 0 saturated carbocycles. The lowest BCUT2D eigenvalue weighted by atomic mass is 9.94. The molecule has 1 aromatic carbocycles. The van der Waals surface area contributed by atoms with Crippen LogP contribution in [0.1, 0.15) is 32.4 Å². The van der Waals surface area contributed by atoms with Gasteiger partial charge >= 0.3 is 6.18 Å². The summed E-state index contributed by atoms with van der Waals surface area (Å²) in [6, 6.07) is 5.20. The van der Waals surface area contributed by atoms with E-state index in [1.165, 1.54) is 11.0 Å². The lowest BCUT2D eigenvalue weighted by Crippen LogP contribution is -2.43. The van der Waals surface area contributed by atoms with E-state index in [0.29, 0.717) is 5.56 Å². The SMILES string of the molecule is CC(CN(CC(F)(F)F)C(C)C)C(N)c1ccccc1F. The Balaban J connectivity index is 2.77. The van der Waals surface area contributed by atoms with Crippen molar-refractivity contribution in [3.63, 3.8) is 0 Å². The Morgan fingerprint density at radius 2 is 1.71 bits per heavy atom. The highest BCUT2D eigenvalue weighted by atomic mass is 19.4. The molecule has 2 unspecified atom stereocenters. The van der Waals surface area contributed by atoms with Gasteiger partial charge in [-0.25, -0.2) is 4.39 Å². The zero-order valence-electron chi connectivity index (χ0n) is 12.5. The van der Waals surface area contributed by atoms with Gasteiger partial charge in [0.15, 0.2) is 0 Å². The van der Waals surface area contributed by atoms with Gasteiger partial charge in [-0.3, -0.25) is 4.90 Å². The maximum Gasteiger partial charge on any atom is 0.401 e. The highest BCUT2D eigenvalue weighted by Gasteiger charge is 2.33. The van der Waals surface area contributed by atoms with Crippen molar-refractivity contribution < 1.29 is 17.6 Å². The molecule has 0 bridgehead atoms.